The highest BCUT2D eigenvalue weighted by Gasteiger charge is 2.42. The number of anilines is 1. The van der Waals surface area contributed by atoms with E-state index in [2.05, 4.69) is 4.98 Å². The fourth-order valence-corrected chi connectivity index (χ4v) is 7.18. The highest BCUT2D eigenvalue weighted by atomic mass is 32.2. The summed E-state index contributed by atoms with van der Waals surface area (Å²) in [4.78, 5) is 19.3. The number of benzene rings is 2. The molecule has 0 radical (unpaired) electrons. The van der Waals surface area contributed by atoms with E-state index in [1.807, 2.05) is 0 Å². The molecule has 2 aliphatic rings. The molecule has 2 aromatic carbocycles. The van der Waals surface area contributed by atoms with Crippen molar-refractivity contribution in [1.82, 2.24) is 9.29 Å². The fraction of sp³-hybridized carbons (Fsp3) is 0.391. The molecule has 0 aliphatic carbocycles. The summed E-state index contributed by atoms with van der Waals surface area (Å²) in [6.07, 6.45) is 2.00. The molecule has 2 fully saturated rings. The van der Waals surface area contributed by atoms with E-state index in [1.165, 1.54) is 17.0 Å². The van der Waals surface area contributed by atoms with Gasteiger partial charge in [-0.25, -0.2) is 26.6 Å². The number of carbonyl (C=O) groups excluding carboxylic acids is 1. The zero-order valence-corrected chi connectivity index (χ0v) is 20.1. The summed E-state index contributed by atoms with van der Waals surface area (Å²) in [6, 6.07) is 5.30. The van der Waals surface area contributed by atoms with Crippen LogP contribution in [0, 0.1) is 17.5 Å². The summed E-state index contributed by atoms with van der Waals surface area (Å²) in [6.45, 7) is 0.786. The van der Waals surface area contributed by atoms with E-state index in [-0.39, 0.29) is 45.9 Å². The average Bonchev–Trinajstić information content (AvgIpc) is 3.57. The van der Waals surface area contributed by atoms with Gasteiger partial charge >= 0.3 is 0 Å². The van der Waals surface area contributed by atoms with Gasteiger partial charge in [-0.05, 0) is 56.0 Å². The van der Waals surface area contributed by atoms with Gasteiger partial charge in [0.15, 0.2) is 10.9 Å². The van der Waals surface area contributed by atoms with Crippen LogP contribution in [0.4, 0.5) is 18.3 Å². The number of hydrogen-bond acceptors (Lipinski definition) is 6. The summed E-state index contributed by atoms with van der Waals surface area (Å²) in [5, 5.41) is 0.149. The van der Waals surface area contributed by atoms with E-state index in [9.17, 15) is 26.4 Å². The molecule has 2 saturated heterocycles. The van der Waals surface area contributed by atoms with Crippen LogP contribution in [0.2, 0.25) is 0 Å². The maximum Gasteiger partial charge on any atom is 0.247 e. The molecule has 5 rings (SSSR count). The van der Waals surface area contributed by atoms with Crippen molar-refractivity contribution in [3.63, 3.8) is 0 Å². The van der Waals surface area contributed by atoms with Crippen LogP contribution >= 0.6 is 11.3 Å². The van der Waals surface area contributed by atoms with E-state index < -0.39 is 39.4 Å². The molecule has 0 bridgehead atoms. The largest absolute Gasteiger partial charge is 0.376 e. The number of aromatic nitrogens is 1. The Morgan fingerprint density at radius 1 is 1.11 bits per heavy atom. The Hall–Kier alpha value is -2.54. The lowest BCUT2D eigenvalue weighted by molar-refractivity contribution is -0.122. The topological polar surface area (TPSA) is 79.8 Å². The molecule has 7 nitrogen and oxygen atoms in total. The van der Waals surface area contributed by atoms with Crippen molar-refractivity contribution < 1.29 is 31.1 Å². The van der Waals surface area contributed by atoms with Crippen molar-refractivity contribution in [3.8, 4) is 0 Å². The molecule has 0 saturated carbocycles. The highest BCUT2D eigenvalue weighted by molar-refractivity contribution is 7.89. The summed E-state index contributed by atoms with van der Waals surface area (Å²) in [7, 11) is -4.07. The molecule has 1 aromatic heterocycles. The third-order valence-corrected chi connectivity index (χ3v) is 9.17. The molecular weight excluding hydrogens is 503 g/mol. The zero-order valence-electron chi connectivity index (χ0n) is 18.5. The van der Waals surface area contributed by atoms with Gasteiger partial charge < -0.3 is 4.74 Å². The van der Waals surface area contributed by atoms with Gasteiger partial charge in [-0.15, -0.1) is 0 Å². The summed E-state index contributed by atoms with van der Waals surface area (Å²) < 4.78 is 75.1. The number of fused-ring (bicyclic) bond motifs is 1. The number of sulfonamides is 1. The van der Waals surface area contributed by atoms with E-state index >= 15 is 0 Å². The van der Waals surface area contributed by atoms with Crippen LogP contribution in [-0.2, 0) is 19.6 Å². The van der Waals surface area contributed by atoms with Crippen LogP contribution < -0.4 is 4.90 Å². The number of thiazole rings is 1. The quantitative estimate of drug-likeness (QED) is 0.485. The molecular formula is C23H22F3N3O4S2. The third-order valence-electron chi connectivity index (χ3n) is 6.22. The molecule has 12 heteroatoms. The van der Waals surface area contributed by atoms with Crippen LogP contribution in [0.1, 0.15) is 25.7 Å². The number of halogens is 3. The zero-order chi connectivity index (χ0) is 24.7. The number of ether oxygens (including phenoxy) is 1. The third kappa shape index (κ3) is 4.67. The van der Waals surface area contributed by atoms with E-state index in [1.54, 1.807) is 0 Å². The van der Waals surface area contributed by atoms with E-state index in [0.717, 1.165) is 46.3 Å². The summed E-state index contributed by atoms with van der Waals surface area (Å²) in [5.74, 6) is -2.67. The Balaban J connectivity index is 1.50. The molecule has 2 atom stereocenters. The number of rotatable bonds is 6. The molecule has 186 valence electrons. The molecule has 3 aromatic rings. The van der Waals surface area contributed by atoms with Gasteiger partial charge in [0.05, 0.1) is 22.2 Å². The van der Waals surface area contributed by atoms with Gasteiger partial charge in [-0.3, -0.25) is 9.69 Å². The molecule has 1 amide bonds. The monoisotopic (exact) mass is 525 g/mol. The Kier molecular flexibility index (Phi) is 6.55. The first-order valence-corrected chi connectivity index (χ1v) is 13.5. The number of carbonyl (C=O) groups is 1. The van der Waals surface area contributed by atoms with Gasteiger partial charge in [0.25, 0.3) is 0 Å². The van der Waals surface area contributed by atoms with Gasteiger partial charge in [-0.1, -0.05) is 11.3 Å². The predicted molar refractivity (Wildman–Crippen MR) is 124 cm³/mol. The minimum absolute atomic E-state index is 0.0567. The molecule has 35 heavy (non-hydrogen) atoms. The first-order chi connectivity index (χ1) is 16.7. The Morgan fingerprint density at radius 2 is 1.89 bits per heavy atom. The smallest absolute Gasteiger partial charge is 0.247 e. The maximum absolute atomic E-state index is 14.3. The van der Waals surface area contributed by atoms with Gasteiger partial charge in [0.2, 0.25) is 15.9 Å². The number of amides is 1. The highest BCUT2D eigenvalue weighted by Crippen LogP contribution is 2.34. The second-order valence-electron chi connectivity index (χ2n) is 8.54. The minimum Gasteiger partial charge on any atom is -0.376 e. The summed E-state index contributed by atoms with van der Waals surface area (Å²) >= 11 is 0.960. The van der Waals surface area contributed by atoms with Gasteiger partial charge in [0.1, 0.15) is 23.2 Å². The van der Waals surface area contributed by atoms with Gasteiger partial charge in [-0.2, -0.15) is 4.31 Å². The van der Waals surface area contributed by atoms with Crippen molar-refractivity contribution in [3.05, 3.63) is 53.8 Å². The van der Waals surface area contributed by atoms with Crippen molar-refractivity contribution in [2.24, 2.45) is 0 Å². The fourth-order valence-electron chi connectivity index (χ4n) is 4.51. The van der Waals surface area contributed by atoms with Crippen molar-refractivity contribution in [2.75, 3.05) is 24.6 Å². The Morgan fingerprint density at radius 3 is 2.60 bits per heavy atom. The van der Waals surface area contributed by atoms with E-state index in [4.69, 9.17) is 4.74 Å². The van der Waals surface area contributed by atoms with Crippen molar-refractivity contribution in [1.29, 1.82) is 0 Å². The lowest BCUT2D eigenvalue weighted by Crippen LogP contribution is -2.49. The average molecular weight is 526 g/mol. The van der Waals surface area contributed by atoms with E-state index in [0.29, 0.717) is 19.4 Å². The molecule has 2 aliphatic heterocycles. The normalized spacial score (nSPS) is 21.1. The minimum atomic E-state index is -4.07. The molecule has 0 N–H and O–H groups in total. The van der Waals surface area contributed by atoms with Crippen LogP contribution in [0.3, 0.4) is 0 Å². The second kappa shape index (κ2) is 9.49. The first kappa shape index (κ1) is 24.2. The standard InChI is InChI=1S/C23H22F3N3O4S2/c24-14-5-7-17(8-6-14)35(31,32)29-9-1-4-19(29)22(30)28(13-16-3-2-10-33-16)23-27-21-18(26)11-15(25)12-20(21)34-23/h5-8,11-12,16,19H,1-4,9-10,13H2. The molecule has 2 unspecified atom stereocenters. The maximum atomic E-state index is 14.3. The Labute approximate surface area is 204 Å². The van der Waals surface area contributed by atoms with Crippen LogP contribution in [0.15, 0.2) is 41.3 Å². The Bertz CT molecular complexity index is 1360. The predicted octanol–water partition coefficient (Wildman–Crippen LogP) is 4.08. The van der Waals surface area contributed by atoms with Crippen LogP contribution in [0.5, 0.6) is 0 Å². The number of hydrogen-bond donors (Lipinski definition) is 0. The molecule has 3 heterocycles. The molecule has 0 spiro atoms. The summed E-state index contributed by atoms with van der Waals surface area (Å²) in [5.41, 5.74) is -0.0567. The first-order valence-electron chi connectivity index (χ1n) is 11.2. The van der Waals surface area contributed by atoms with Crippen LogP contribution in [0.25, 0.3) is 10.2 Å². The van der Waals surface area contributed by atoms with Crippen molar-refractivity contribution in [2.45, 2.75) is 42.7 Å². The van der Waals surface area contributed by atoms with Gasteiger partial charge in [0, 0.05) is 19.2 Å². The SMILES string of the molecule is O=C(C1CCCN1S(=O)(=O)c1ccc(F)cc1)N(CC1CCCO1)c1nc2c(F)cc(F)cc2s1. The second-order valence-corrected chi connectivity index (χ2v) is 11.4. The van der Waals surface area contributed by atoms with Crippen LogP contribution in [-0.4, -0.2) is 55.5 Å². The van der Waals surface area contributed by atoms with Crippen molar-refractivity contribution >= 4 is 42.6 Å². The lowest BCUT2D eigenvalue weighted by atomic mass is 10.2. The number of nitrogens with zero attached hydrogens (tertiary/aromatic N) is 3. The lowest BCUT2D eigenvalue weighted by Gasteiger charge is -2.29.